The zero-order valence-electron chi connectivity index (χ0n) is 16.2. The maximum absolute atomic E-state index is 12.9. The number of rotatable bonds is 7. The molecule has 1 aliphatic rings. The van der Waals surface area contributed by atoms with Crippen molar-refractivity contribution >= 4 is 51.9 Å². The van der Waals surface area contributed by atoms with Gasteiger partial charge in [0.25, 0.3) is 11.6 Å². The van der Waals surface area contributed by atoms with Gasteiger partial charge in [-0.3, -0.25) is 19.8 Å². The Kier molecular flexibility index (Phi) is 7.09. The van der Waals surface area contributed by atoms with Crippen LogP contribution in [0.25, 0.3) is 6.08 Å². The van der Waals surface area contributed by atoms with E-state index in [4.69, 9.17) is 21.1 Å². The molecule has 2 aromatic carbocycles. The smallest absolute Gasteiger partial charge is 0.288 e. The zero-order valence-corrected chi connectivity index (χ0v) is 17.8. The third-order valence-corrected chi connectivity index (χ3v) is 5.50. The van der Waals surface area contributed by atoms with Crippen LogP contribution in [0.4, 0.5) is 11.4 Å². The second-order valence-corrected chi connectivity index (χ2v) is 7.54. The van der Waals surface area contributed by atoms with Crippen molar-refractivity contribution in [1.29, 1.82) is 0 Å². The molecule has 1 amide bonds. The molecule has 0 bridgehead atoms. The van der Waals surface area contributed by atoms with E-state index in [1.54, 1.807) is 50.6 Å². The summed E-state index contributed by atoms with van der Waals surface area (Å²) in [6, 6.07) is 11.5. The molecule has 0 radical (unpaired) electrons. The van der Waals surface area contributed by atoms with Gasteiger partial charge in [-0.15, -0.1) is 0 Å². The number of carbonyl (C=O) groups is 1. The van der Waals surface area contributed by atoms with E-state index in [1.165, 1.54) is 28.8 Å². The Bertz CT molecular complexity index is 1020. The summed E-state index contributed by atoms with van der Waals surface area (Å²) < 4.78 is 10.3. The number of nitrogens with zero attached hydrogens (tertiary/aromatic N) is 3. The fourth-order valence-corrected chi connectivity index (χ4v) is 3.86. The van der Waals surface area contributed by atoms with E-state index in [9.17, 15) is 14.9 Å². The monoisotopic (exact) mass is 447 g/mol. The fraction of sp³-hybridized carbons (Fsp3) is 0.200. The van der Waals surface area contributed by atoms with Crippen molar-refractivity contribution in [1.82, 2.24) is 4.90 Å². The van der Waals surface area contributed by atoms with Crippen LogP contribution in [-0.2, 0) is 9.53 Å². The van der Waals surface area contributed by atoms with Gasteiger partial charge >= 0.3 is 0 Å². The first-order valence-corrected chi connectivity index (χ1v) is 9.99. The predicted octanol–water partition coefficient (Wildman–Crippen LogP) is 4.51. The van der Waals surface area contributed by atoms with Gasteiger partial charge in [0.05, 0.1) is 35.8 Å². The molecule has 30 heavy (non-hydrogen) atoms. The van der Waals surface area contributed by atoms with Gasteiger partial charge in [-0.25, -0.2) is 4.99 Å². The first-order chi connectivity index (χ1) is 14.4. The third-order valence-electron chi connectivity index (χ3n) is 4.17. The molecule has 156 valence electrons. The van der Waals surface area contributed by atoms with E-state index < -0.39 is 4.92 Å². The van der Waals surface area contributed by atoms with Gasteiger partial charge in [-0.2, -0.15) is 0 Å². The van der Waals surface area contributed by atoms with Crippen molar-refractivity contribution in [2.24, 2.45) is 4.99 Å². The normalized spacial score (nSPS) is 16.5. The van der Waals surface area contributed by atoms with E-state index in [2.05, 4.69) is 4.99 Å². The number of benzene rings is 2. The molecule has 0 atom stereocenters. The van der Waals surface area contributed by atoms with E-state index in [0.29, 0.717) is 40.2 Å². The quantitative estimate of drug-likeness (QED) is 0.352. The molecule has 10 heteroatoms. The summed E-state index contributed by atoms with van der Waals surface area (Å²) in [5.41, 5.74) is 0.945. The Morgan fingerprint density at radius 1 is 1.23 bits per heavy atom. The standard InChI is InChI=1S/C20H18ClN3O5S/c1-28-10-9-23-19(25)18(12-13-3-8-16(21)17(11-13)24(26)27)30-20(23)22-14-4-6-15(29-2)7-5-14/h3-8,11-12H,9-10H2,1-2H3/b18-12-,22-20?. The molecule has 1 heterocycles. The molecule has 1 saturated heterocycles. The number of nitro benzene ring substituents is 1. The molecule has 0 aromatic heterocycles. The minimum Gasteiger partial charge on any atom is -0.497 e. The zero-order chi connectivity index (χ0) is 21.7. The average molecular weight is 448 g/mol. The Balaban J connectivity index is 1.94. The van der Waals surface area contributed by atoms with Crippen LogP contribution in [0.15, 0.2) is 52.4 Å². The lowest BCUT2D eigenvalue weighted by Crippen LogP contribution is -2.32. The number of halogens is 1. The summed E-state index contributed by atoms with van der Waals surface area (Å²) in [6.07, 6.45) is 1.59. The molecular weight excluding hydrogens is 430 g/mol. The summed E-state index contributed by atoms with van der Waals surface area (Å²) in [5.74, 6) is 0.456. The van der Waals surface area contributed by atoms with Crippen LogP contribution >= 0.6 is 23.4 Å². The van der Waals surface area contributed by atoms with E-state index in [-0.39, 0.29) is 16.6 Å². The molecule has 1 aliphatic heterocycles. The van der Waals surface area contributed by atoms with Gasteiger partial charge in [0.1, 0.15) is 10.8 Å². The second kappa shape index (κ2) is 9.75. The lowest BCUT2D eigenvalue weighted by atomic mass is 10.2. The van der Waals surface area contributed by atoms with Gasteiger partial charge < -0.3 is 9.47 Å². The van der Waals surface area contributed by atoms with Gasteiger partial charge in [0.2, 0.25) is 0 Å². The first kappa shape index (κ1) is 21.8. The number of carbonyl (C=O) groups excluding carboxylic acids is 1. The highest BCUT2D eigenvalue weighted by Crippen LogP contribution is 2.35. The minimum atomic E-state index is -0.560. The molecule has 8 nitrogen and oxygen atoms in total. The maximum atomic E-state index is 12.9. The topological polar surface area (TPSA) is 94.3 Å². The minimum absolute atomic E-state index is 0.0380. The summed E-state index contributed by atoms with van der Waals surface area (Å²) >= 11 is 7.06. The summed E-state index contributed by atoms with van der Waals surface area (Å²) in [6.45, 7) is 0.670. The molecule has 2 aromatic rings. The van der Waals surface area contributed by atoms with Crippen molar-refractivity contribution in [3.05, 3.63) is 68.1 Å². The summed E-state index contributed by atoms with van der Waals surface area (Å²) in [5, 5.41) is 11.7. The highest BCUT2D eigenvalue weighted by molar-refractivity contribution is 8.18. The van der Waals surface area contributed by atoms with Crippen molar-refractivity contribution < 1.29 is 19.2 Å². The second-order valence-electron chi connectivity index (χ2n) is 6.12. The van der Waals surface area contributed by atoms with Gasteiger partial charge in [-0.05, 0) is 53.7 Å². The van der Waals surface area contributed by atoms with Gasteiger partial charge in [0, 0.05) is 13.2 Å². The van der Waals surface area contributed by atoms with Crippen LogP contribution in [0, 0.1) is 10.1 Å². The molecule has 1 fully saturated rings. The summed E-state index contributed by atoms with van der Waals surface area (Å²) in [7, 11) is 3.13. The van der Waals surface area contributed by atoms with E-state index >= 15 is 0 Å². The molecule has 3 rings (SSSR count). The largest absolute Gasteiger partial charge is 0.497 e. The Labute approximate surface area is 182 Å². The van der Waals surface area contributed by atoms with Crippen LogP contribution in [0.3, 0.4) is 0 Å². The van der Waals surface area contributed by atoms with Crippen LogP contribution in [-0.4, -0.2) is 48.3 Å². The number of amides is 1. The number of nitro groups is 1. The SMILES string of the molecule is COCCN1C(=O)/C(=C/c2ccc(Cl)c([N+](=O)[O-])c2)SC1=Nc1ccc(OC)cc1. The summed E-state index contributed by atoms with van der Waals surface area (Å²) in [4.78, 5) is 30.0. The Hall–Kier alpha value is -2.88. The first-order valence-electron chi connectivity index (χ1n) is 8.80. The van der Waals surface area contributed by atoms with Crippen LogP contribution in [0.5, 0.6) is 5.75 Å². The third kappa shape index (κ3) is 4.99. The van der Waals surface area contributed by atoms with Crippen molar-refractivity contribution in [2.45, 2.75) is 0 Å². The Morgan fingerprint density at radius 2 is 1.97 bits per heavy atom. The fourth-order valence-electron chi connectivity index (χ4n) is 2.65. The number of ether oxygens (including phenoxy) is 2. The molecule has 0 aliphatic carbocycles. The van der Waals surface area contributed by atoms with Crippen LogP contribution in [0.1, 0.15) is 5.56 Å². The highest BCUT2D eigenvalue weighted by atomic mass is 35.5. The van der Waals surface area contributed by atoms with Crippen LogP contribution in [0.2, 0.25) is 5.02 Å². The Morgan fingerprint density at radius 3 is 2.60 bits per heavy atom. The number of amidine groups is 1. The molecule has 0 spiro atoms. The van der Waals surface area contributed by atoms with E-state index in [1.807, 2.05) is 0 Å². The number of methoxy groups -OCH3 is 2. The van der Waals surface area contributed by atoms with E-state index in [0.717, 1.165) is 0 Å². The van der Waals surface area contributed by atoms with Gasteiger partial charge in [0.15, 0.2) is 5.17 Å². The molecule has 0 N–H and O–H groups in total. The van der Waals surface area contributed by atoms with Crippen molar-refractivity contribution in [3.63, 3.8) is 0 Å². The van der Waals surface area contributed by atoms with Crippen molar-refractivity contribution in [3.8, 4) is 5.75 Å². The van der Waals surface area contributed by atoms with Crippen molar-refractivity contribution in [2.75, 3.05) is 27.4 Å². The lowest BCUT2D eigenvalue weighted by Gasteiger charge is -2.14. The molecular formula is C20H18ClN3O5S. The van der Waals surface area contributed by atoms with Gasteiger partial charge in [-0.1, -0.05) is 17.7 Å². The number of thioether (sulfide) groups is 1. The average Bonchev–Trinajstić information content (AvgIpc) is 3.02. The molecule has 0 unspecified atom stereocenters. The highest BCUT2D eigenvalue weighted by Gasteiger charge is 2.33. The lowest BCUT2D eigenvalue weighted by molar-refractivity contribution is -0.384. The number of hydrogen-bond donors (Lipinski definition) is 0. The number of hydrogen-bond acceptors (Lipinski definition) is 7. The maximum Gasteiger partial charge on any atom is 0.288 e. The van der Waals surface area contributed by atoms with Crippen LogP contribution < -0.4 is 4.74 Å². The number of aliphatic imine (C=N–C) groups is 1. The predicted molar refractivity (Wildman–Crippen MR) is 117 cm³/mol. The molecule has 0 saturated carbocycles.